The van der Waals surface area contributed by atoms with E-state index in [4.69, 9.17) is 5.73 Å². The Kier molecular flexibility index (Phi) is 4.64. The number of halogens is 4. The standard InChI is InChI=1S/C8H11F3N2O.ClH/c1-4-2-6(8(9,10)11)5(3-12)7(14)13-4;/h2,7,13-14H,3,12H2,1H3;1H. The van der Waals surface area contributed by atoms with E-state index in [2.05, 4.69) is 5.32 Å². The smallest absolute Gasteiger partial charge is 0.370 e. The summed E-state index contributed by atoms with van der Waals surface area (Å²) in [5, 5.41) is 11.7. The van der Waals surface area contributed by atoms with E-state index in [1.54, 1.807) is 0 Å². The summed E-state index contributed by atoms with van der Waals surface area (Å²) in [5.74, 6) is 0. The SMILES string of the molecule is CC1=CC(C(F)(F)F)=C(CN)C(O)N1.Cl. The molecule has 15 heavy (non-hydrogen) atoms. The van der Waals surface area contributed by atoms with Crippen molar-refractivity contribution in [1.82, 2.24) is 5.32 Å². The Morgan fingerprint density at radius 3 is 2.47 bits per heavy atom. The lowest BCUT2D eigenvalue weighted by atomic mass is 10.0. The van der Waals surface area contributed by atoms with Crippen LogP contribution in [0.5, 0.6) is 0 Å². The summed E-state index contributed by atoms with van der Waals surface area (Å²) in [4.78, 5) is 0. The molecular weight excluding hydrogens is 233 g/mol. The third-order valence-electron chi connectivity index (χ3n) is 1.93. The second-order valence-electron chi connectivity index (χ2n) is 3.02. The lowest BCUT2D eigenvalue weighted by Gasteiger charge is -2.25. The quantitative estimate of drug-likeness (QED) is 0.646. The molecule has 1 aliphatic heterocycles. The lowest BCUT2D eigenvalue weighted by molar-refractivity contribution is -0.0908. The normalized spacial score (nSPS) is 21.7. The van der Waals surface area contributed by atoms with Gasteiger partial charge >= 0.3 is 6.18 Å². The average molecular weight is 245 g/mol. The summed E-state index contributed by atoms with van der Waals surface area (Å²) in [6.07, 6.45) is -4.88. The fourth-order valence-electron chi connectivity index (χ4n) is 1.29. The second-order valence-corrected chi connectivity index (χ2v) is 3.02. The van der Waals surface area contributed by atoms with E-state index in [0.29, 0.717) is 0 Å². The van der Waals surface area contributed by atoms with Gasteiger partial charge < -0.3 is 16.2 Å². The Morgan fingerprint density at radius 2 is 2.07 bits per heavy atom. The van der Waals surface area contributed by atoms with Crippen molar-refractivity contribution in [3.8, 4) is 0 Å². The van der Waals surface area contributed by atoms with E-state index in [1.165, 1.54) is 6.92 Å². The zero-order valence-corrected chi connectivity index (χ0v) is 8.75. The molecule has 1 heterocycles. The van der Waals surface area contributed by atoms with Crippen LogP contribution in [0.15, 0.2) is 22.9 Å². The van der Waals surface area contributed by atoms with Crippen molar-refractivity contribution in [2.24, 2.45) is 5.73 Å². The summed E-state index contributed by atoms with van der Waals surface area (Å²) in [7, 11) is 0. The maximum absolute atomic E-state index is 12.4. The average Bonchev–Trinajstić information content (AvgIpc) is 2.01. The highest BCUT2D eigenvalue weighted by Crippen LogP contribution is 2.32. The molecule has 1 aliphatic rings. The van der Waals surface area contributed by atoms with Crippen LogP contribution in [0.2, 0.25) is 0 Å². The molecule has 0 saturated carbocycles. The molecule has 1 atom stereocenters. The molecule has 1 unspecified atom stereocenters. The first-order chi connectivity index (χ1) is 6.36. The number of alkyl halides is 3. The minimum Gasteiger partial charge on any atom is -0.370 e. The van der Waals surface area contributed by atoms with Crippen LogP contribution in [0.4, 0.5) is 13.2 Å². The van der Waals surface area contributed by atoms with Crippen LogP contribution in [0.25, 0.3) is 0 Å². The largest absolute Gasteiger partial charge is 0.416 e. The van der Waals surface area contributed by atoms with Crippen LogP contribution < -0.4 is 11.1 Å². The van der Waals surface area contributed by atoms with Gasteiger partial charge in [-0.3, -0.25) is 0 Å². The number of aliphatic hydroxyl groups excluding tert-OH is 1. The molecule has 0 aliphatic carbocycles. The van der Waals surface area contributed by atoms with Crippen molar-refractivity contribution in [2.75, 3.05) is 6.54 Å². The van der Waals surface area contributed by atoms with Gasteiger partial charge in [-0.25, -0.2) is 0 Å². The van der Waals surface area contributed by atoms with E-state index >= 15 is 0 Å². The zero-order valence-electron chi connectivity index (χ0n) is 7.93. The van der Waals surface area contributed by atoms with Gasteiger partial charge in [0.05, 0.1) is 5.57 Å². The van der Waals surface area contributed by atoms with E-state index in [1.807, 2.05) is 0 Å². The minimum absolute atomic E-state index is 0. The van der Waals surface area contributed by atoms with Gasteiger partial charge in [0, 0.05) is 17.8 Å². The maximum Gasteiger partial charge on any atom is 0.416 e. The molecule has 0 saturated heterocycles. The molecule has 4 N–H and O–H groups in total. The fourth-order valence-corrected chi connectivity index (χ4v) is 1.29. The molecule has 0 bridgehead atoms. The van der Waals surface area contributed by atoms with Crippen molar-refractivity contribution in [3.63, 3.8) is 0 Å². The molecule has 88 valence electrons. The molecule has 0 spiro atoms. The molecule has 7 heteroatoms. The van der Waals surface area contributed by atoms with Crippen LogP contribution in [0, 0.1) is 0 Å². The van der Waals surface area contributed by atoms with Crippen LogP contribution >= 0.6 is 12.4 Å². The van der Waals surface area contributed by atoms with Crippen molar-refractivity contribution in [1.29, 1.82) is 0 Å². The van der Waals surface area contributed by atoms with E-state index in [9.17, 15) is 18.3 Å². The van der Waals surface area contributed by atoms with E-state index < -0.39 is 18.0 Å². The first-order valence-electron chi connectivity index (χ1n) is 3.99. The second kappa shape index (κ2) is 4.87. The molecule has 0 fully saturated rings. The minimum atomic E-state index is -4.47. The van der Waals surface area contributed by atoms with Gasteiger partial charge in [0.15, 0.2) is 0 Å². The third-order valence-corrected chi connectivity index (χ3v) is 1.93. The Bertz CT molecular complexity index is 299. The summed E-state index contributed by atoms with van der Waals surface area (Å²) in [6, 6.07) is 0. The number of nitrogens with one attached hydrogen (secondary N) is 1. The van der Waals surface area contributed by atoms with Crippen molar-refractivity contribution < 1.29 is 18.3 Å². The highest BCUT2D eigenvalue weighted by Gasteiger charge is 2.37. The van der Waals surface area contributed by atoms with Crippen molar-refractivity contribution >= 4 is 12.4 Å². The van der Waals surface area contributed by atoms with Crippen molar-refractivity contribution in [2.45, 2.75) is 19.3 Å². The molecule has 0 aromatic carbocycles. The number of hydrogen-bond donors (Lipinski definition) is 3. The summed E-state index contributed by atoms with van der Waals surface area (Å²) in [5.41, 5.74) is 4.31. The van der Waals surface area contributed by atoms with Gasteiger partial charge in [0.25, 0.3) is 0 Å². The van der Waals surface area contributed by atoms with Crippen LogP contribution in [-0.4, -0.2) is 24.1 Å². The molecule has 0 amide bonds. The monoisotopic (exact) mass is 244 g/mol. The molecular formula is C8H12ClF3N2O. The highest BCUT2D eigenvalue weighted by molar-refractivity contribution is 5.85. The van der Waals surface area contributed by atoms with Gasteiger partial charge in [-0.15, -0.1) is 12.4 Å². The van der Waals surface area contributed by atoms with Gasteiger partial charge in [0.2, 0.25) is 0 Å². The molecule has 3 nitrogen and oxygen atoms in total. The van der Waals surface area contributed by atoms with Crippen molar-refractivity contribution in [3.05, 3.63) is 22.9 Å². The van der Waals surface area contributed by atoms with E-state index in [0.717, 1.165) is 6.08 Å². The molecule has 0 aromatic heterocycles. The highest BCUT2D eigenvalue weighted by atomic mass is 35.5. The Morgan fingerprint density at radius 1 is 1.53 bits per heavy atom. The summed E-state index contributed by atoms with van der Waals surface area (Å²) < 4.78 is 37.3. The number of allylic oxidation sites excluding steroid dienone is 3. The molecule has 0 aromatic rings. The topological polar surface area (TPSA) is 58.3 Å². The Labute approximate surface area is 91.2 Å². The lowest BCUT2D eigenvalue weighted by Crippen LogP contribution is -2.38. The van der Waals surface area contributed by atoms with Gasteiger partial charge in [0.1, 0.15) is 6.23 Å². The number of hydrogen-bond acceptors (Lipinski definition) is 3. The molecule has 0 radical (unpaired) electrons. The zero-order chi connectivity index (χ0) is 10.9. The van der Waals surface area contributed by atoms with E-state index in [-0.39, 0.29) is 30.2 Å². The van der Waals surface area contributed by atoms with Crippen LogP contribution in [0.3, 0.4) is 0 Å². The Balaban J connectivity index is 0.00000196. The predicted octanol–water partition coefficient (Wildman–Crippen LogP) is 1.05. The maximum atomic E-state index is 12.4. The first-order valence-corrected chi connectivity index (χ1v) is 3.99. The fraction of sp³-hybridized carbons (Fsp3) is 0.500. The van der Waals surface area contributed by atoms with Crippen LogP contribution in [0.1, 0.15) is 6.92 Å². The Hall–Kier alpha value is -0.720. The number of rotatable bonds is 1. The number of dihydropyridines is 1. The first kappa shape index (κ1) is 14.3. The predicted molar refractivity (Wildman–Crippen MR) is 52.3 cm³/mol. The van der Waals surface area contributed by atoms with Gasteiger partial charge in [-0.1, -0.05) is 0 Å². The van der Waals surface area contributed by atoms with Crippen LogP contribution in [-0.2, 0) is 0 Å². The number of nitrogens with two attached hydrogens (primary N) is 1. The van der Waals surface area contributed by atoms with Gasteiger partial charge in [-0.05, 0) is 13.0 Å². The third kappa shape index (κ3) is 3.12. The number of aliphatic hydroxyl groups is 1. The van der Waals surface area contributed by atoms with Gasteiger partial charge in [-0.2, -0.15) is 13.2 Å². The molecule has 1 rings (SSSR count). The summed E-state index contributed by atoms with van der Waals surface area (Å²) in [6.45, 7) is 1.12. The summed E-state index contributed by atoms with van der Waals surface area (Å²) >= 11 is 0.